The molecule has 3 rings (SSSR count). The van der Waals surface area contributed by atoms with Crippen LogP contribution >= 0.6 is 11.8 Å². The van der Waals surface area contributed by atoms with Gasteiger partial charge in [0.2, 0.25) is 0 Å². The van der Waals surface area contributed by atoms with Gasteiger partial charge in [-0.3, -0.25) is 9.82 Å². The van der Waals surface area contributed by atoms with Gasteiger partial charge in [0.1, 0.15) is 12.1 Å². The van der Waals surface area contributed by atoms with Crippen molar-refractivity contribution < 1.29 is 13.5 Å². The summed E-state index contributed by atoms with van der Waals surface area (Å²) in [5.74, 6) is 0.0223. The standard InChI is InChI=1S/C14H12N4O3S2/c19-12-7-6-10(8-13(12)22-14-15-9-16-17-14)18-23(20,21)11-4-2-1-3-5-11/h1-9,18-19H,(H,15,16,17). The Balaban J connectivity index is 1.86. The monoisotopic (exact) mass is 348 g/mol. The van der Waals surface area contributed by atoms with Gasteiger partial charge in [0, 0.05) is 0 Å². The molecule has 0 aliphatic heterocycles. The molecular weight excluding hydrogens is 336 g/mol. The van der Waals surface area contributed by atoms with E-state index in [0.29, 0.717) is 15.7 Å². The number of aromatic hydroxyl groups is 1. The van der Waals surface area contributed by atoms with Crippen molar-refractivity contribution in [1.29, 1.82) is 0 Å². The molecule has 0 saturated heterocycles. The van der Waals surface area contributed by atoms with Crippen molar-refractivity contribution in [3.8, 4) is 5.75 Å². The molecule has 0 aliphatic rings. The lowest BCUT2D eigenvalue weighted by atomic mass is 10.3. The Morgan fingerprint density at radius 1 is 1.13 bits per heavy atom. The van der Waals surface area contributed by atoms with Crippen molar-refractivity contribution in [3.63, 3.8) is 0 Å². The predicted molar refractivity (Wildman–Crippen MR) is 85.9 cm³/mol. The van der Waals surface area contributed by atoms with Crippen LogP contribution in [-0.2, 0) is 10.0 Å². The van der Waals surface area contributed by atoms with Gasteiger partial charge in [0.25, 0.3) is 10.0 Å². The molecule has 0 saturated carbocycles. The first-order valence-electron chi connectivity index (χ1n) is 6.49. The van der Waals surface area contributed by atoms with Gasteiger partial charge in [-0.2, -0.15) is 5.10 Å². The van der Waals surface area contributed by atoms with E-state index in [4.69, 9.17) is 0 Å². The summed E-state index contributed by atoms with van der Waals surface area (Å²) in [4.78, 5) is 4.57. The summed E-state index contributed by atoms with van der Waals surface area (Å²) in [6.45, 7) is 0. The Morgan fingerprint density at radius 3 is 2.61 bits per heavy atom. The minimum atomic E-state index is -3.68. The molecular formula is C14H12N4O3S2. The van der Waals surface area contributed by atoms with Gasteiger partial charge in [-0.25, -0.2) is 13.4 Å². The fraction of sp³-hybridized carbons (Fsp3) is 0. The maximum atomic E-state index is 12.3. The van der Waals surface area contributed by atoms with Gasteiger partial charge in [0.05, 0.1) is 15.5 Å². The lowest BCUT2D eigenvalue weighted by molar-refractivity contribution is 0.462. The Hall–Kier alpha value is -2.52. The second kappa shape index (κ2) is 6.31. The first kappa shape index (κ1) is 15.4. The van der Waals surface area contributed by atoms with Crippen LogP contribution < -0.4 is 4.72 Å². The van der Waals surface area contributed by atoms with E-state index in [1.807, 2.05) is 0 Å². The molecule has 3 N–H and O–H groups in total. The number of phenolic OH excluding ortho intramolecular Hbond substituents is 1. The largest absolute Gasteiger partial charge is 0.507 e. The number of hydrogen-bond donors (Lipinski definition) is 3. The van der Waals surface area contributed by atoms with E-state index >= 15 is 0 Å². The number of nitrogens with one attached hydrogen (secondary N) is 2. The van der Waals surface area contributed by atoms with E-state index in [0.717, 1.165) is 11.8 Å². The molecule has 0 radical (unpaired) electrons. The maximum absolute atomic E-state index is 12.3. The number of sulfonamides is 1. The van der Waals surface area contributed by atoms with Crippen molar-refractivity contribution in [2.45, 2.75) is 14.9 Å². The highest BCUT2D eigenvalue weighted by molar-refractivity contribution is 7.99. The lowest BCUT2D eigenvalue weighted by Crippen LogP contribution is -2.12. The lowest BCUT2D eigenvalue weighted by Gasteiger charge is -2.10. The number of H-pyrrole nitrogens is 1. The zero-order valence-electron chi connectivity index (χ0n) is 11.7. The maximum Gasteiger partial charge on any atom is 0.261 e. The normalized spacial score (nSPS) is 11.3. The Bertz CT molecular complexity index is 897. The summed E-state index contributed by atoms with van der Waals surface area (Å²) in [7, 11) is -3.68. The van der Waals surface area contributed by atoms with Crippen LogP contribution in [0.15, 0.2) is 69.8 Å². The minimum Gasteiger partial charge on any atom is -0.507 e. The topological polar surface area (TPSA) is 108 Å². The molecule has 0 fully saturated rings. The van der Waals surface area contributed by atoms with E-state index in [1.54, 1.807) is 18.2 Å². The van der Waals surface area contributed by atoms with Crippen LogP contribution in [0.1, 0.15) is 0 Å². The number of aromatic nitrogens is 3. The predicted octanol–water partition coefficient (Wildman–Crippen LogP) is 2.46. The molecule has 2 aromatic carbocycles. The average Bonchev–Trinajstić information content (AvgIpc) is 3.04. The number of rotatable bonds is 5. The number of phenols is 1. The van der Waals surface area contributed by atoms with Gasteiger partial charge in [-0.05, 0) is 42.1 Å². The molecule has 0 amide bonds. The summed E-state index contributed by atoms with van der Waals surface area (Å²) in [6, 6.07) is 12.5. The molecule has 1 aromatic heterocycles. The van der Waals surface area contributed by atoms with Gasteiger partial charge in [0.15, 0.2) is 5.16 Å². The fourth-order valence-electron chi connectivity index (χ4n) is 1.82. The van der Waals surface area contributed by atoms with E-state index in [9.17, 15) is 13.5 Å². The number of aromatic amines is 1. The summed E-state index contributed by atoms with van der Waals surface area (Å²) in [6.07, 6.45) is 1.35. The Kier molecular flexibility index (Phi) is 4.22. The molecule has 0 bridgehead atoms. The fourth-order valence-corrected chi connectivity index (χ4v) is 3.66. The molecule has 0 atom stereocenters. The molecule has 118 valence electrons. The van der Waals surface area contributed by atoms with Crippen LogP contribution in [0.4, 0.5) is 5.69 Å². The molecule has 0 aliphatic carbocycles. The quantitative estimate of drug-likeness (QED) is 0.611. The highest BCUT2D eigenvalue weighted by Crippen LogP contribution is 2.34. The van der Waals surface area contributed by atoms with Gasteiger partial charge >= 0.3 is 0 Å². The molecule has 0 spiro atoms. The van der Waals surface area contributed by atoms with Gasteiger partial charge in [-0.15, -0.1) is 0 Å². The van der Waals surface area contributed by atoms with Crippen LogP contribution in [0.2, 0.25) is 0 Å². The second-order valence-corrected chi connectivity index (χ2v) is 7.21. The van der Waals surface area contributed by atoms with Crippen LogP contribution in [0.5, 0.6) is 5.75 Å². The second-order valence-electron chi connectivity index (χ2n) is 4.49. The Morgan fingerprint density at radius 2 is 1.91 bits per heavy atom. The van der Waals surface area contributed by atoms with Crippen LogP contribution in [0, 0.1) is 0 Å². The first-order valence-corrected chi connectivity index (χ1v) is 8.79. The van der Waals surface area contributed by atoms with Crippen molar-refractivity contribution in [2.24, 2.45) is 0 Å². The Labute approximate surface area is 136 Å². The zero-order valence-corrected chi connectivity index (χ0v) is 13.3. The molecule has 0 unspecified atom stereocenters. The van der Waals surface area contributed by atoms with Gasteiger partial charge in [-0.1, -0.05) is 18.2 Å². The van der Waals surface area contributed by atoms with E-state index in [-0.39, 0.29) is 10.6 Å². The van der Waals surface area contributed by atoms with Crippen LogP contribution in [0.3, 0.4) is 0 Å². The highest BCUT2D eigenvalue weighted by atomic mass is 32.2. The van der Waals surface area contributed by atoms with Crippen LogP contribution in [-0.4, -0.2) is 28.7 Å². The van der Waals surface area contributed by atoms with Crippen molar-refractivity contribution in [1.82, 2.24) is 15.2 Å². The average molecular weight is 348 g/mol. The number of hydrogen-bond acceptors (Lipinski definition) is 6. The third kappa shape index (κ3) is 3.63. The van der Waals surface area contributed by atoms with Crippen molar-refractivity contribution in [3.05, 3.63) is 54.9 Å². The van der Waals surface area contributed by atoms with Crippen molar-refractivity contribution >= 4 is 27.5 Å². The third-order valence-electron chi connectivity index (χ3n) is 2.87. The van der Waals surface area contributed by atoms with Crippen LogP contribution in [0.25, 0.3) is 0 Å². The highest BCUT2D eigenvalue weighted by Gasteiger charge is 2.15. The zero-order chi connectivity index (χ0) is 16.3. The van der Waals surface area contributed by atoms with Crippen molar-refractivity contribution in [2.75, 3.05) is 4.72 Å². The molecule has 23 heavy (non-hydrogen) atoms. The van der Waals surface area contributed by atoms with E-state index < -0.39 is 10.0 Å². The summed E-state index contributed by atoms with van der Waals surface area (Å²) >= 11 is 1.14. The third-order valence-corrected chi connectivity index (χ3v) is 5.20. The number of benzene rings is 2. The molecule has 1 heterocycles. The molecule has 7 nitrogen and oxygen atoms in total. The summed E-state index contributed by atoms with van der Waals surface area (Å²) < 4.78 is 27.1. The SMILES string of the molecule is O=S(=O)(Nc1ccc(O)c(Sc2ncn[nH]2)c1)c1ccccc1. The molecule has 3 aromatic rings. The smallest absolute Gasteiger partial charge is 0.261 e. The summed E-state index contributed by atoms with van der Waals surface area (Å²) in [5, 5.41) is 16.8. The van der Waals surface area contributed by atoms with E-state index in [2.05, 4.69) is 19.9 Å². The summed E-state index contributed by atoms with van der Waals surface area (Å²) in [5.41, 5.74) is 0.341. The van der Waals surface area contributed by atoms with Gasteiger partial charge < -0.3 is 5.11 Å². The first-order chi connectivity index (χ1) is 11.0. The molecule has 9 heteroatoms. The number of nitrogens with zero attached hydrogens (tertiary/aromatic N) is 2. The number of anilines is 1. The minimum absolute atomic E-state index is 0.0223. The van der Waals surface area contributed by atoms with E-state index in [1.165, 1.54) is 36.7 Å².